The second-order valence-corrected chi connectivity index (χ2v) is 3.85. The molecule has 0 aliphatic rings. The Morgan fingerprint density at radius 1 is 1.50 bits per heavy atom. The van der Waals surface area contributed by atoms with Crippen molar-refractivity contribution in [3.05, 3.63) is 30.2 Å². The number of aromatic nitrogens is 1. The number of nitrogens with one attached hydrogen (secondary N) is 1. The summed E-state index contributed by atoms with van der Waals surface area (Å²) in [6.07, 6.45) is 2.44. The summed E-state index contributed by atoms with van der Waals surface area (Å²) in [4.78, 5) is 6.20. The molecule has 86 valence electrons. The van der Waals surface area contributed by atoms with Gasteiger partial charge in [0.05, 0.1) is 6.67 Å². The van der Waals surface area contributed by atoms with Gasteiger partial charge in [0.1, 0.15) is 5.52 Å². The minimum Gasteiger partial charge on any atom is -0.443 e. The van der Waals surface area contributed by atoms with Gasteiger partial charge >= 0.3 is 0 Å². The van der Waals surface area contributed by atoms with E-state index in [4.69, 9.17) is 10.3 Å². The minimum absolute atomic E-state index is 0.685. The Morgan fingerprint density at radius 2 is 2.38 bits per heavy atom. The number of benzene rings is 1. The summed E-state index contributed by atoms with van der Waals surface area (Å²) in [7, 11) is 2.02. The number of nitrogens with two attached hydrogens (primary N) is 1. The fourth-order valence-electron chi connectivity index (χ4n) is 1.61. The average molecular weight is 220 g/mol. The van der Waals surface area contributed by atoms with Crippen molar-refractivity contribution in [3.8, 4) is 0 Å². The van der Waals surface area contributed by atoms with Crippen molar-refractivity contribution in [2.75, 3.05) is 20.3 Å². The molecule has 0 spiro atoms. The quantitative estimate of drug-likeness (QED) is 0.441. The van der Waals surface area contributed by atoms with Crippen molar-refractivity contribution < 1.29 is 4.42 Å². The SMILES string of the molecule is CN(CCc1ccc2ncoc2c1)CNN. The van der Waals surface area contributed by atoms with Crippen molar-refractivity contribution in [1.29, 1.82) is 0 Å². The summed E-state index contributed by atoms with van der Waals surface area (Å²) in [6, 6.07) is 6.09. The molecule has 2 aromatic rings. The first kappa shape index (κ1) is 11.1. The number of oxazole rings is 1. The maximum Gasteiger partial charge on any atom is 0.181 e. The van der Waals surface area contributed by atoms with Gasteiger partial charge in [-0.25, -0.2) is 10.4 Å². The molecule has 1 aromatic carbocycles. The van der Waals surface area contributed by atoms with Crippen LogP contribution in [0.3, 0.4) is 0 Å². The van der Waals surface area contributed by atoms with Gasteiger partial charge in [-0.15, -0.1) is 0 Å². The van der Waals surface area contributed by atoms with Crippen LogP contribution in [0.5, 0.6) is 0 Å². The van der Waals surface area contributed by atoms with E-state index in [2.05, 4.69) is 21.4 Å². The zero-order chi connectivity index (χ0) is 11.4. The summed E-state index contributed by atoms with van der Waals surface area (Å²) < 4.78 is 5.26. The van der Waals surface area contributed by atoms with Gasteiger partial charge in [-0.3, -0.25) is 10.7 Å². The van der Waals surface area contributed by atoms with E-state index in [9.17, 15) is 0 Å². The Morgan fingerprint density at radius 3 is 3.19 bits per heavy atom. The summed E-state index contributed by atoms with van der Waals surface area (Å²) in [5.41, 5.74) is 5.62. The number of hydrogen-bond acceptors (Lipinski definition) is 5. The van der Waals surface area contributed by atoms with E-state index in [1.807, 2.05) is 19.2 Å². The molecule has 0 aliphatic heterocycles. The molecule has 0 saturated carbocycles. The Kier molecular flexibility index (Phi) is 3.51. The largest absolute Gasteiger partial charge is 0.443 e. The Labute approximate surface area is 94.2 Å². The Bertz CT molecular complexity index is 454. The van der Waals surface area contributed by atoms with Gasteiger partial charge in [0, 0.05) is 6.54 Å². The molecule has 0 aliphatic carbocycles. The highest BCUT2D eigenvalue weighted by Gasteiger charge is 2.02. The van der Waals surface area contributed by atoms with Gasteiger partial charge < -0.3 is 4.42 Å². The van der Waals surface area contributed by atoms with E-state index in [1.165, 1.54) is 12.0 Å². The zero-order valence-corrected chi connectivity index (χ0v) is 9.31. The fourth-order valence-corrected chi connectivity index (χ4v) is 1.61. The average Bonchev–Trinajstić information content (AvgIpc) is 2.74. The smallest absolute Gasteiger partial charge is 0.181 e. The second kappa shape index (κ2) is 5.07. The van der Waals surface area contributed by atoms with Crippen molar-refractivity contribution in [1.82, 2.24) is 15.3 Å². The molecule has 0 bridgehead atoms. The normalized spacial score (nSPS) is 11.4. The van der Waals surface area contributed by atoms with Crippen LogP contribution in [-0.2, 0) is 6.42 Å². The maximum absolute atomic E-state index is 5.26. The van der Waals surface area contributed by atoms with Crippen LogP contribution in [-0.4, -0.2) is 30.1 Å². The van der Waals surface area contributed by atoms with Gasteiger partial charge in [-0.2, -0.15) is 0 Å². The van der Waals surface area contributed by atoms with Crippen LogP contribution in [0.25, 0.3) is 11.1 Å². The van der Waals surface area contributed by atoms with Crippen molar-refractivity contribution >= 4 is 11.1 Å². The first-order valence-corrected chi connectivity index (χ1v) is 5.24. The molecular weight excluding hydrogens is 204 g/mol. The van der Waals surface area contributed by atoms with E-state index in [1.54, 1.807) is 0 Å². The molecule has 0 saturated heterocycles. The molecule has 5 heteroatoms. The lowest BCUT2D eigenvalue weighted by Crippen LogP contribution is -2.36. The van der Waals surface area contributed by atoms with E-state index in [0.717, 1.165) is 24.1 Å². The highest BCUT2D eigenvalue weighted by molar-refractivity contribution is 5.72. The molecule has 5 nitrogen and oxygen atoms in total. The van der Waals surface area contributed by atoms with Gasteiger partial charge in [0.15, 0.2) is 12.0 Å². The van der Waals surface area contributed by atoms with Gasteiger partial charge in [0.25, 0.3) is 0 Å². The van der Waals surface area contributed by atoms with E-state index < -0.39 is 0 Å². The van der Waals surface area contributed by atoms with Crippen molar-refractivity contribution in [2.24, 2.45) is 5.84 Å². The standard InChI is InChI=1S/C11H16N4O/c1-15(7-14-12)5-4-9-2-3-10-11(6-9)16-8-13-10/h2-3,6,8,14H,4-5,7,12H2,1H3. The topological polar surface area (TPSA) is 67.3 Å². The Hall–Kier alpha value is -1.43. The van der Waals surface area contributed by atoms with Gasteiger partial charge in [-0.1, -0.05) is 6.07 Å². The predicted molar refractivity (Wildman–Crippen MR) is 62.5 cm³/mol. The number of nitrogens with zero attached hydrogens (tertiary/aromatic N) is 2. The molecule has 0 fully saturated rings. The van der Waals surface area contributed by atoms with E-state index in [-0.39, 0.29) is 0 Å². The lowest BCUT2D eigenvalue weighted by molar-refractivity contribution is 0.313. The van der Waals surface area contributed by atoms with Crippen LogP contribution in [0.1, 0.15) is 5.56 Å². The van der Waals surface area contributed by atoms with Gasteiger partial charge in [-0.05, 0) is 31.2 Å². The predicted octanol–water partition coefficient (Wildman–Crippen LogP) is 0.723. The highest BCUT2D eigenvalue weighted by atomic mass is 16.3. The molecule has 1 heterocycles. The van der Waals surface area contributed by atoms with Crippen LogP contribution in [0.15, 0.2) is 29.0 Å². The van der Waals surface area contributed by atoms with Crippen LogP contribution in [0.4, 0.5) is 0 Å². The first-order valence-electron chi connectivity index (χ1n) is 5.24. The zero-order valence-electron chi connectivity index (χ0n) is 9.31. The molecule has 2 rings (SSSR count). The third kappa shape index (κ3) is 2.57. The lowest BCUT2D eigenvalue weighted by atomic mass is 10.1. The lowest BCUT2D eigenvalue weighted by Gasteiger charge is -2.15. The van der Waals surface area contributed by atoms with E-state index in [0.29, 0.717) is 6.67 Å². The molecule has 0 atom stereocenters. The summed E-state index contributed by atoms with van der Waals surface area (Å²) in [5.74, 6) is 5.24. The summed E-state index contributed by atoms with van der Waals surface area (Å²) >= 11 is 0. The van der Waals surface area contributed by atoms with Crippen LogP contribution < -0.4 is 11.3 Å². The molecule has 16 heavy (non-hydrogen) atoms. The second-order valence-electron chi connectivity index (χ2n) is 3.85. The third-order valence-electron chi connectivity index (χ3n) is 2.54. The van der Waals surface area contributed by atoms with E-state index >= 15 is 0 Å². The molecule has 1 aromatic heterocycles. The number of rotatable bonds is 5. The monoisotopic (exact) mass is 220 g/mol. The molecule has 0 amide bonds. The highest BCUT2D eigenvalue weighted by Crippen LogP contribution is 2.14. The first-order chi connectivity index (χ1) is 7.79. The molecule has 3 N–H and O–H groups in total. The maximum atomic E-state index is 5.26. The van der Waals surface area contributed by atoms with Crippen LogP contribution in [0, 0.1) is 0 Å². The molecule has 0 radical (unpaired) electrons. The van der Waals surface area contributed by atoms with Crippen LogP contribution >= 0.6 is 0 Å². The molecule has 0 unspecified atom stereocenters. The number of fused-ring (bicyclic) bond motifs is 1. The minimum atomic E-state index is 0.685. The van der Waals surface area contributed by atoms with Crippen LogP contribution in [0.2, 0.25) is 0 Å². The third-order valence-corrected chi connectivity index (χ3v) is 2.54. The molecular formula is C11H16N4O. The number of hydrogen-bond donors (Lipinski definition) is 2. The number of hydrazine groups is 1. The number of likely N-dealkylation sites (N-methyl/N-ethyl adjacent to an activating group) is 1. The van der Waals surface area contributed by atoms with Crippen molar-refractivity contribution in [3.63, 3.8) is 0 Å². The van der Waals surface area contributed by atoms with Gasteiger partial charge in [0.2, 0.25) is 0 Å². The fraction of sp³-hybridized carbons (Fsp3) is 0.364. The summed E-state index contributed by atoms with van der Waals surface area (Å²) in [6.45, 7) is 1.63. The summed E-state index contributed by atoms with van der Waals surface area (Å²) in [5, 5.41) is 0. The Balaban J connectivity index is 1.98. The van der Waals surface area contributed by atoms with Crippen molar-refractivity contribution in [2.45, 2.75) is 6.42 Å².